The fourth-order valence-corrected chi connectivity index (χ4v) is 4.17. The molecular weight excluding hydrogens is 378 g/mol. The molecule has 0 bridgehead atoms. The first-order valence-electron chi connectivity index (χ1n) is 6.61. The summed E-state index contributed by atoms with van der Waals surface area (Å²) in [6, 6.07) is 14.2. The Morgan fingerprint density at radius 2 is 1.95 bits per heavy atom. The highest BCUT2D eigenvalue weighted by Gasteiger charge is 2.16. The predicted molar refractivity (Wildman–Crippen MR) is 94.6 cm³/mol. The van der Waals surface area contributed by atoms with E-state index < -0.39 is 0 Å². The lowest BCUT2D eigenvalue weighted by Gasteiger charge is -2.04. The van der Waals surface area contributed by atoms with E-state index in [-0.39, 0.29) is 0 Å². The molecule has 22 heavy (non-hydrogen) atoms. The van der Waals surface area contributed by atoms with Gasteiger partial charge in [-0.25, -0.2) is 9.97 Å². The van der Waals surface area contributed by atoms with Crippen LogP contribution < -0.4 is 0 Å². The van der Waals surface area contributed by atoms with Crippen LogP contribution in [0.25, 0.3) is 16.2 Å². The molecule has 0 aliphatic heterocycles. The van der Waals surface area contributed by atoms with Crippen LogP contribution in [-0.4, -0.2) is 14.4 Å². The van der Waals surface area contributed by atoms with Crippen molar-refractivity contribution in [2.75, 3.05) is 0 Å². The normalized spacial score (nSPS) is 11.1. The van der Waals surface area contributed by atoms with E-state index in [4.69, 9.17) is 4.98 Å². The average molecular weight is 388 g/mol. The summed E-state index contributed by atoms with van der Waals surface area (Å²) < 4.78 is 3.19. The molecule has 4 aromatic rings. The maximum atomic E-state index is 4.79. The molecular formula is C16H10BrN3S2. The van der Waals surface area contributed by atoms with Crippen LogP contribution >= 0.6 is 39.0 Å². The highest BCUT2D eigenvalue weighted by atomic mass is 79.9. The zero-order chi connectivity index (χ0) is 14.9. The zero-order valence-corrected chi connectivity index (χ0v) is 14.5. The highest BCUT2D eigenvalue weighted by Crippen LogP contribution is 2.37. The minimum Gasteiger partial charge on any atom is -0.284 e. The number of hydrogen-bond donors (Lipinski definition) is 0. The van der Waals surface area contributed by atoms with E-state index in [0.29, 0.717) is 0 Å². The van der Waals surface area contributed by atoms with Crippen molar-refractivity contribution in [3.63, 3.8) is 0 Å². The van der Waals surface area contributed by atoms with Crippen LogP contribution in [0.3, 0.4) is 0 Å². The molecule has 4 rings (SSSR count). The highest BCUT2D eigenvalue weighted by molar-refractivity contribution is 9.10. The van der Waals surface area contributed by atoms with Crippen LogP contribution in [0.15, 0.2) is 74.8 Å². The van der Waals surface area contributed by atoms with Crippen LogP contribution in [-0.2, 0) is 0 Å². The van der Waals surface area contributed by atoms with Gasteiger partial charge in [0, 0.05) is 27.8 Å². The Balaban J connectivity index is 1.86. The number of fused-ring (bicyclic) bond motifs is 1. The molecule has 108 valence electrons. The van der Waals surface area contributed by atoms with E-state index in [2.05, 4.69) is 49.0 Å². The first kappa shape index (κ1) is 14.0. The molecule has 0 spiro atoms. The standard InChI is InChI=1S/C16H10BrN3S2/c17-12-6-4-11(5-7-12)14-15(20-9-10-21-16(20)19-14)22-13-3-1-2-8-18-13/h1-10H. The van der Waals surface area contributed by atoms with Crippen molar-refractivity contribution in [2.24, 2.45) is 0 Å². The fourth-order valence-electron chi connectivity index (χ4n) is 2.16. The van der Waals surface area contributed by atoms with E-state index in [1.165, 1.54) is 0 Å². The average Bonchev–Trinajstić information content (AvgIpc) is 3.12. The third-order valence-corrected chi connectivity index (χ3v) is 5.49. The summed E-state index contributed by atoms with van der Waals surface area (Å²) in [5.41, 5.74) is 2.10. The summed E-state index contributed by atoms with van der Waals surface area (Å²) in [6.45, 7) is 0. The molecule has 3 heterocycles. The monoisotopic (exact) mass is 387 g/mol. The second-order valence-electron chi connectivity index (χ2n) is 4.60. The molecule has 6 heteroatoms. The number of rotatable bonds is 3. The Labute approximate surface area is 144 Å². The number of aromatic nitrogens is 3. The molecule has 3 nitrogen and oxygen atoms in total. The topological polar surface area (TPSA) is 30.2 Å². The summed E-state index contributed by atoms with van der Waals surface area (Å²) in [6.07, 6.45) is 3.87. The van der Waals surface area contributed by atoms with Crippen molar-refractivity contribution in [3.8, 4) is 11.3 Å². The summed E-state index contributed by atoms with van der Waals surface area (Å²) in [4.78, 5) is 10.2. The van der Waals surface area contributed by atoms with E-state index >= 15 is 0 Å². The maximum absolute atomic E-state index is 4.79. The van der Waals surface area contributed by atoms with Crippen molar-refractivity contribution in [1.29, 1.82) is 0 Å². The predicted octanol–water partition coefficient (Wildman–Crippen LogP) is 5.37. The van der Waals surface area contributed by atoms with Crippen LogP contribution in [0.4, 0.5) is 0 Å². The van der Waals surface area contributed by atoms with Crippen molar-refractivity contribution in [3.05, 3.63) is 64.7 Å². The lowest BCUT2D eigenvalue weighted by molar-refractivity contribution is 1.06. The van der Waals surface area contributed by atoms with Gasteiger partial charge in [0.25, 0.3) is 0 Å². The van der Waals surface area contributed by atoms with Gasteiger partial charge in [-0.3, -0.25) is 4.40 Å². The minimum atomic E-state index is 0.967. The Bertz CT molecular complexity index is 914. The van der Waals surface area contributed by atoms with E-state index in [1.807, 2.05) is 36.5 Å². The summed E-state index contributed by atoms with van der Waals surface area (Å²) >= 11 is 6.76. The largest absolute Gasteiger partial charge is 0.284 e. The van der Waals surface area contributed by atoms with Crippen molar-refractivity contribution in [1.82, 2.24) is 14.4 Å². The number of pyridine rings is 1. The smallest absolute Gasteiger partial charge is 0.195 e. The molecule has 3 aromatic heterocycles. The first-order valence-corrected chi connectivity index (χ1v) is 9.10. The number of imidazole rings is 1. The molecule has 0 amide bonds. The first-order chi connectivity index (χ1) is 10.8. The second kappa shape index (κ2) is 5.87. The van der Waals surface area contributed by atoms with Crippen LogP contribution in [0.5, 0.6) is 0 Å². The summed E-state index contributed by atoms with van der Waals surface area (Å²) in [5.74, 6) is 0. The fraction of sp³-hybridized carbons (Fsp3) is 0. The van der Waals surface area contributed by atoms with Gasteiger partial charge in [0.1, 0.15) is 15.7 Å². The number of thiazole rings is 1. The van der Waals surface area contributed by atoms with E-state index in [1.54, 1.807) is 23.1 Å². The molecule has 0 aliphatic carbocycles. The molecule has 0 saturated carbocycles. The van der Waals surface area contributed by atoms with Gasteiger partial charge in [-0.15, -0.1) is 11.3 Å². The molecule has 0 N–H and O–H groups in total. The number of nitrogens with zero attached hydrogens (tertiary/aromatic N) is 3. The molecule has 0 atom stereocenters. The third-order valence-electron chi connectivity index (χ3n) is 3.17. The van der Waals surface area contributed by atoms with Gasteiger partial charge in [0.05, 0.1) is 0 Å². The maximum Gasteiger partial charge on any atom is 0.195 e. The Morgan fingerprint density at radius 1 is 1.09 bits per heavy atom. The van der Waals surface area contributed by atoms with Gasteiger partial charge in [-0.2, -0.15) is 0 Å². The zero-order valence-electron chi connectivity index (χ0n) is 11.3. The molecule has 1 aromatic carbocycles. The van der Waals surface area contributed by atoms with E-state index in [0.717, 1.165) is 30.7 Å². The van der Waals surface area contributed by atoms with Crippen molar-refractivity contribution in [2.45, 2.75) is 10.1 Å². The van der Waals surface area contributed by atoms with Gasteiger partial charge in [-0.05, 0) is 36.0 Å². The Kier molecular flexibility index (Phi) is 3.73. The summed E-state index contributed by atoms with van der Waals surface area (Å²) in [5, 5.41) is 4.11. The van der Waals surface area contributed by atoms with Crippen LogP contribution in [0, 0.1) is 0 Å². The SMILES string of the molecule is Brc1ccc(-c2nc3sccn3c2Sc2ccccn2)cc1. The van der Waals surface area contributed by atoms with Gasteiger partial charge in [0.15, 0.2) is 4.96 Å². The molecule has 0 unspecified atom stereocenters. The van der Waals surface area contributed by atoms with Gasteiger partial charge in [-0.1, -0.05) is 34.1 Å². The van der Waals surface area contributed by atoms with Gasteiger partial charge < -0.3 is 0 Å². The number of hydrogen-bond acceptors (Lipinski definition) is 4. The number of benzene rings is 1. The van der Waals surface area contributed by atoms with Crippen molar-refractivity contribution >= 4 is 44.0 Å². The van der Waals surface area contributed by atoms with Crippen molar-refractivity contribution < 1.29 is 0 Å². The lowest BCUT2D eigenvalue weighted by Crippen LogP contribution is -1.86. The van der Waals surface area contributed by atoms with Crippen LogP contribution in [0.1, 0.15) is 0 Å². The lowest BCUT2D eigenvalue weighted by atomic mass is 10.2. The molecule has 0 fully saturated rings. The quantitative estimate of drug-likeness (QED) is 0.473. The number of halogens is 1. The molecule has 0 radical (unpaired) electrons. The summed E-state index contributed by atoms with van der Waals surface area (Å²) in [7, 11) is 0. The van der Waals surface area contributed by atoms with Crippen LogP contribution in [0.2, 0.25) is 0 Å². The molecule has 0 saturated heterocycles. The van der Waals surface area contributed by atoms with Gasteiger partial charge >= 0.3 is 0 Å². The second-order valence-corrected chi connectivity index (χ2v) is 7.40. The van der Waals surface area contributed by atoms with Gasteiger partial charge in [0.2, 0.25) is 0 Å². The minimum absolute atomic E-state index is 0.967. The third kappa shape index (κ3) is 2.58. The van der Waals surface area contributed by atoms with E-state index in [9.17, 15) is 0 Å². The Hall–Kier alpha value is -1.63. The Morgan fingerprint density at radius 3 is 2.73 bits per heavy atom. The molecule has 0 aliphatic rings.